The molecule has 1 aliphatic heterocycles. The second kappa shape index (κ2) is 3.21. The predicted octanol–water partition coefficient (Wildman–Crippen LogP) is 1.39. The molecule has 4 nitrogen and oxygen atoms in total. The summed E-state index contributed by atoms with van der Waals surface area (Å²) in [6, 6.07) is 7.41. The minimum Gasteiger partial charge on any atom is -0.439 e. The predicted molar refractivity (Wildman–Crippen MR) is 52.7 cm³/mol. The minimum absolute atomic E-state index is 0.184. The Balaban J connectivity index is 2.21. The first-order valence-electron chi connectivity index (χ1n) is 4.44. The second-order valence-electron chi connectivity index (χ2n) is 3.42. The number of nitrogens with two attached hydrogens (primary N) is 1. The van der Waals surface area contributed by atoms with Gasteiger partial charge in [-0.2, -0.15) is 0 Å². The van der Waals surface area contributed by atoms with Crippen LogP contribution >= 0.6 is 0 Å². The summed E-state index contributed by atoms with van der Waals surface area (Å²) in [6.07, 6.45) is -0.464. The van der Waals surface area contributed by atoms with E-state index in [0.29, 0.717) is 12.2 Å². The Bertz CT molecular complexity index is 365. The molecule has 2 rings (SSSR count). The lowest BCUT2D eigenvalue weighted by Gasteiger charge is -2.08. The number of ether oxygens (including phenoxy) is 1. The highest BCUT2D eigenvalue weighted by Gasteiger charge is 2.29. The number of rotatable bonds is 1. The molecule has 0 spiro atoms. The van der Waals surface area contributed by atoms with Gasteiger partial charge in [0.05, 0.1) is 6.54 Å². The molecule has 1 unspecified atom stereocenters. The van der Waals surface area contributed by atoms with E-state index in [0.717, 1.165) is 5.56 Å². The summed E-state index contributed by atoms with van der Waals surface area (Å²) in [6.45, 7) is 0.586. The van der Waals surface area contributed by atoms with Crippen LogP contribution in [-0.2, 0) is 4.74 Å². The van der Waals surface area contributed by atoms with Crippen LogP contribution in [0.5, 0.6) is 0 Å². The maximum absolute atomic E-state index is 11.1. The van der Waals surface area contributed by atoms with Crippen molar-refractivity contribution >= 4 is 11.8 Å². The Labute approximate surface area is 82.3 Å². The second-order valence-corrected chi connectivity index (χ2v) is 3.42. The number of carbonyl (C=O) groups is 1. The molecule has 0 aliphatic carbocycles. The van der Waals surface area contributed by atoms with Gasteiger partial charge in [0.2, 0.25) is 0 Å². The van der Waals surface area contributed by atoms with E-state index >= 15 is 0 Å². The maximum Gasteiger partial charge on any atom is 0.410 e. The summed E-state index contributed by atoms with van der Waals surface area (Å²) >= 11 is 0. The summed E-state index contributed by atoms with van der Waals surface area (Å²) in [5, 5.41) is 0. The Morgan fingerprint density at radius 2 is 2.36 bits per heavy atom. The molecule has 1 atom stereocenters. The van der Waals surface area contributed by atoms with Crippen molar-refractivity contribution in [1.29, 1.82) is 0 Å². The first-order chi connectivity index (χ1) is 6.66. The lowest BCUT2D eigenvalue weighted by molar-refractivity contribution is 0.135. The molecule has 2 N–H and O–H groups in total. The van der Waals surface area contributed by atoms with Gasteiger partial charge in [0.25, 0.3) is 0 Å². The van der Waals surface area contributed by atoms with Gasteiger partial charge in [-0.3, -0.25) is 0 Å². The summed E-state index contributed by atoms with van der Waals surface area (Å²) in [4.78, 5) is 12.7. The molecule has 1 aliphatic rings. The number of hydrogen-bond acceptors (Lipinski definition) is 3. The van der Waals surface area contributed by atoms with Gasteiger partial charge in [0, 0.05) is 12.7 Å². The van der Waals surface area contributed by atoms with Crippen molar-refractivity contribution in [3.05, 3.63) is 29.8 Å². The van der Waals surface area contributed by atoms with Gasteiger partial charge in [-0.1, -0.05) is 12.1 Å². The van der Waals surface area contributed by atoms with E-state index in [4.69, 9.17) is 10.5 Å². The van der Waals surface area contributed by atoms with E-state index in [1.165, 1.54) is 0 Å². The average molecular weight is 192 g/mol. The highest BCUT2D eigenvalue weighted by molar-refractivity contribution is 5.69. The zero-order valence-electron chi connectivity index (χ0n) is 7.93. The molecule has 0 saturated carbocycles. The van der Waals surface area contributed by atoms with Crippen molar-refractivity contribution < 1.29 is 9.53 Å². The van der Waals surface area contributed by atoms with Gasteiger partial charge in [-0.15, -0.1) is 0 Å². The number of amides is 1. The zero-order chi connectivity index (χ0) is 10.1. The molecule has 1 saturated heterocycles. The molecule has 1 fully saturated rings. The number of benzene rings is 1. The lowest BCUT2D eigenvalue weighted by atomic mass is 10.1. The van der Waals surface area contributed by atoms with Crippen molar-refractivity contribution in [3.8, 4) is 0 Å². The number of nitrogen functional groups attached to an aromatic ring is 1. The SMILES string of the molecule is CN1CC(c2cccc(N)c2)OC1=O. The van der Waals surface area contributed by atoms with Crippen molar-refractivity contribution in [3.63, 3.8) is 0 Å². The molecule has 1 aromatic carbocycles. The zero-order valence-corrected chi connectivity index (χ0v) is 7.93. The van der Waals surface area contributed by atoms with Crippen LogP contribution in [0.4, 0.5) is 10.5 Å². The molecule has 4 heteroatoms. The molecule has 1 heterocycles. The monoisotopic (exact) mass is 192 g/mol. The van der Waals surface area contributed by atoms with Gasteiger partial charge in [0.1, 0.15) is 6.10 Å². The quantitative estimate of drug-likeness (QED) is 0.684. The Hall–Kier alpha value is -1.71. The van der Waals surface area contributed by atoms with Crippen LogP contribution in [0.1, 0.15) is 11.7 Å². The van der Waals surface area contributed by atoms with Crippen LogP contribution in [-0.4, -0.2) is 24.6 Å². The summed E-state index contributed by atoms with van der Waals surface area (Å²) < 4.78 is 5.15. The number of hydrogen-bond donors (Lipinski definition) is 1. The first-order valence-corrected chi connectivity index (χ1v) is 4.44. The van der Waals surface area contributed by atoms with Crippen LogP contribution in [0.25, 0.3) is 0 Å². The van der Waals surface area contributed by atoms with Crippen LogP contribution in [0.15, 0.2) is 24.3 Å². The third kappa shape index (κ3) is 1.51. The molecule has 0 aromatic heterocycles. The van der Waals surface area contributed by atoms with Gasteiger partial charge < -0.3 is 15.4 Å². The topological polar surface area (TPSA) is 55.6 Å². The average Bonchev–Trinajstić information content (AvgIpc) is 2.47. The highest BCUT2D eigenvalue weighted by Crippen LogP contribution is 2.25. The minimum atomic E-state index is -0.280. The number of cyclic esters (lactones) is 1. The van der Waals surface area contributed by atoms with Crippen LogP contribution in [0, 0.1) is 0 Å². The fraction of sp³-hybridized carbons (Fsp3) is 0.300. The number of likely N-dealkylation sites (N-methyl/N-ethyl adjacent to an activating group) is 1. The molecule has 1 aromatic rings. The van der Waals surface area contributed by atoms with Gasteiger partial charge in [-0.25, -0.2) is 4.79 Å². The molecule has 1 amide bonds. The van der Waals surface area contributed by atoms with E-state index in [1.807, 2.05) is 24.3 Å². The van der Waals surface area contributed by atoms with E-state index in [2.05, 4.69) is 0 Å². The summed E-state index contributed by atoms with van der Waals surface area (Å²) in [7, 11) is 1.72. The van der Waals surface area contributed by atoms with Crippen molar-refractivity contribution in [2.24, 2.45) is 0 Å². The van der Waals surface area contributed by atoms with E-state index in [-0.39, 0.29) is 12.2 Å². The highest BCUT2D eigenvalue weighted by atomic mass is 16.6. The Morgan fingerprint density at radius 1 is 1.57 bits per heavy atom. The van der Waals surface area contributed by atoms with Gasteiger partial charge >= 0.3 is 6.09 Å². The third-order valence-electron chi connectivity index (χ3n) is 2.28. The van der Waals surface area contributed by atoms with Gasteiger partial charge in [0.15, 0.2) is 0 Å². The molecular formula is C10H12N2O2. The maximum atomic E-state index is 11.1. The van der Waals surface area contributed by atoms with Crippen molar-refractivity contribution in [1.82, 2.24) is 4.90 Å². The largest absolute Gasteiger partial charge is 0.439 e. The number of anilines is 1. The van der Waals surface area contributed by atoms with Crippen LogP contribution in [0.2, 0.25) is 0 Å². The summed E-state index contributed by atoms with van der Waals surface area (Å²) in [5.41, 5.74) is 7.28. The third-order valence-corrected chi connectivity index (χ3v) is 2.28. The fourth-order valence-corrected chi connectivity index (χ4v) is 1.50. The Kier molecular flexibility index (Phi) is 2.04. The fourth-order valence-electron chi connectivity index (χ4n) is 1.50. The Morgan fingerprint density at radius 3 is 2.93 bits per heavy atom. The van der Waals surface area contributed by atoms with Crippen LogP contribution in [0.3, 0.4) is 0 Å². The lowest BCUT2D eigenvalue weighted by Crippen LogP contribution is -2.17. The summed E-state index contributed by atoms with van der Waals surface area (Å²) in [5.74, 6) is 0. The first kappa shape index (κ1) is 8.87. The standard InChI is InChI=1S/C10H12N2O2/c1-12-6-9(14-10(12)13)7-3-2-4-8(11)5-7/h2-5,9H,6,11H2,1H3. The number of carbonyl (C=O) groups excluding carboxylic acids is 1. The van der Waals surface area contributed by atoms with Gasteiger partial charge in [-0.05, 0) is 17.7 Å². The molecule has 74 valence electrons. The van der Waals surface area contributed by atoms with Crippen LogP contribution < -0.4 is 5.73 Å². The number of nitrogens with zero attached hydrogens (tertiary/aromatic N) is 1. The van der Waals surface area contributed by atoms with E-state index in [1.54, 1.807) is 11.9 Å². The van der Waals surface area contributed by atoms with Crippen molar-refractivity contribution in [2.45, 2.75) is 6.10 Å². The van der Waals surface area contributed by atoms with Crippen molar-refractivity contribution in [2.75, 3.05) is 19.3 Å². The normalized spacial score (nSPS) is 21.1. The smallest absolute Gasteiger partial charge is 0.410 e. The van der Waals surface area contributed by atoms with E-state index in [9.17, 15) is 4.79 Å². The molecule has 0 bridgehead atoms. The molecule has 0 radical (unpaired) electrons. The van der Waals surface area contributed by atoms with E-state index < -0.39 is 0 Å². The molecule has 14 heavy (non-hydrogen) atoms. The molecular weight excluding hydrogens is 180 g/mol.